The van der Waals surface area contributed by atoms with E-state index in [9.17, 15) is 4.79 Å². The molecule has 0 atom stereocenters. The van der Waals surface area contributed by atoms with Gasteiger partial charge in [0.25, 0.3) is 0 Å². The van der Waals surface area contributed by atoms with E-state index in [1.807, 2.05) is 0 Å². The molecule has 72 valence electrons. The molecule has 0 radical (unpaired) electrons. The summed E-state index contributed by atoms with van der Waals surface area (Å²) in [5.74, 6) is 0.313. The van der Waals surface area contributed by atoms with Crippen LogP contribution in [0.1, 0.15) is 34.1 Å². The lowest BCUT2D eigenvalue weighted by atomic mass is 10.2. The Morgan fingerprint density at radius 1 is 1.08 bits per heavy atom. The van der Waals surface area contributed by atoms with Crippen LogP contribution < -0.4 is 0 Å². The Bertz CT molecular complexity index is 131. The van der Waals surface area contributed by atoms with Crippen molar-refractivity contribution in [2.24, 2.45) is 0 Å². The van der Waals surface area contributed by atoms with Gasteiger partial charge in [-0.1, -0.05) is 0 Å². The van der Waals surface area contributed by atoms with Crippen LogP contribution in [0, 0.1) is 0 Å². The van der Waals surface area contributed by atoms with Gasteiger partial charge in [-0.25, -0.2) is 0 Å². The smallest absolute Gasteiger partial charge is 0.135 e. The molecule has 0 fully saturated rings. The Morgan fingerprint density at radius 3 is 1.75 bits per heavy atom. The number of hydrogen-bond donors (Lipinski definition) is 0. The maximum Gasteiger partial charge on any atom is 0.135 e. The highest BCUT2D eigenvalue weighted by Gasteiger charge is 2.20. The van der Waals surface area contributed by atoms with Crippen molar-refractivity contribution in [3.05, 3.63) is 0 Å². The fourth-order valence-electron chi connectivity index (χ4n) is 1.54. The van der Waals surface area contributed by atoms with E-state index in [0.29, 0.717) is 5.78 Å². The highest BCUT2D eigenvalue weighted by molar-refractivity contribution is 5.75. The van der Waals surface area contributed by atoms with Gasteiger partial charge < -0.3 is 4.48 Å². The van der Waals surface area contributed by atoms with Crippen molar-refractivity contribution in [3.63, 3.8) is 0 Å². The van der Waals surface area contributed by atoms with Crippen LogP contribution in [-0.4, -0.2) is 36.4 Å². The maximum atomic E-state index is 10.8. The lowest BCUT2D eigenvalue weighted by Gasteiger charge is -2.35. The van der Waals surface area contributed by atoms with Crippen LogP contribution in [0.25, 0.3) is 0 Å². The summed E-state index contributed by atoms with van der Waals surface area (Å²) >= 11 is 0. The predicted octanol–water partition coefficient (Wildman–Crippen LogP) is 1.84. The van der Waals surface area contributed by atoms with E-state index in [-0.39, 0.29) is 0 Å². The maximum absolute atomic E-state index is 10.8. The predicted molar refractivity (Wildman–Crippen MR) is 52.0 cm³/mol. The first kappa shape index (κ1) is 11.6. The van der Waals surface area contributed by atoms with Gasteiger partial charge in [0, 0.05) is 0 Å². The normalized spacial score (nSPS) is 11.7. The van der Waals surface area contributed by atoms with Crippen molar-refractivity contribution < 1.29 is 9.28 Å². The van der Waals surface area contributed by atoms with E-state index in [1.165, 1.54) is 0 Å². The van der Waals surface area contributed by atoms with Crippen molar-refractivity contribution in [1.82, 2.24) is 0 Å². The third-order valence-electron chi connectivity index (χ3n) is 2.95. The lowest BCUT2D eigenvalue weighted by molar-refractivity contribution is -0.922. The molecular weight excluding hydrogens is 150 g/mol. The Hall–Kier alpha value is -0.370. The molecule has 0 aliphatic carbocycles. The molecule has 0 aromatic heterocycles. The van der Waals surface area contributed by atoms with Gasteiger partial charge in [-0.2, -0.15) is 0 Å². The van der Waals surface area contributed by atoms with Crippen LogP contribution in [-0.2, 0) is 4.79 Å². The van der Waals surface area contributed by atoms with Crippen molar-refractivity contribution in [2.75, 3.05) is 26.2 Å². The zero-order valence-electron chi connectivity index (χ0n) is 8.89. The van der Waals surface area contributed by atoms with Crippen molar-refractivity contribution in [1.29, 1.82) is 0 Å². The molecule has 2 nitrogen and oxygen atoms in total. The second-order valence-electron chi connectivity index (χ2n) is 3.47. The van der Waals surface area contributed by atoms with Crippen LogP contribution in [0.3, 0.4) is 0 Å². The molecular formula is C10H22NO+. The number of ketones is 1. The van der Waals surface area contributed by atoms with Gasteiger partial charge in [-0.15, -0.1) is 0 Å². The summed E-state index contributed by atoms with van der Waals surface area (Å²) in [4.78, 5) is 10.8. The average Bonchev–Trinajstić information content (AvgIpc) is 2.08. The number of quaternary nitrogens is 1. The fraction of sp³-hybridized carbons (Fsp3) is 0.900. The van der Waals surface area contributed by atoms with E-state index in [0.717, 1.165) is 37.1 Å². The van der Waals surface area contributed by atoms with Gasteiger partial charge in [0.05, 0.1) is 32.6 Å². The summed E-state index contributed by atoms with van der Waals surface area (Å²) < 4.78 is 1.08. The van der Waals surface area contributed by atoms with Gasteiger partial charge in [0.2, 0.25) is 0 Å². The molecule has 0 aromatic rings. The standard InChI is InChI=1S/C10H22NO/c1-5-11(6-2,7-3)9-8-10(4)12/h5-9H2,1-4H3/q+1. The highest BCUT2D eigenvalue weighted by atomic mass is 16.1. The zero-order valence-corrected chi connectivity index (χ0v) is 8.89. The van der Waals surface area contributed by atoms with Gasteiger partial charge in [-0.3, -0.25) is 4.79 Å². The quantitative estimate of drug-likeness (QED) is 0.559. The molecule has 0 aliphatic heterocycles. The lowest BCUT2D eigenvalue weighted by Crippen LogP contribution is -2.48. The van der Waals surface area contributed by atoms with E-state index < -0.39 is 0 Å². The Balaban J connectivity index is 4.01. The molecule has 0 spiro atoms. The SMILES string of the molecule is CC[N+](CC)(CC)CCC(C)=O. The molecule has 0 saturated carbocycles. The van der Waals surface area contributed by atoms with E-state index >= 15 is 0 Å². The Kier molecular flexibility index (Phi) is 5.14. The summed E-state index contributed by atoms with van der Waals surface area (Å²) in [6, 6.07) is 0. The minimum Gasteiger partial charge on any atom is -0.324 e. The largest absolute Gasteiger partial charge is 0.324 e. The first-order valence-electron chi connectivity index (χ1n) is 4.94. The van der Waals surface area contributed by atoms with Crippen LogP contribution in [0.4, 0.5) is 0 Å². The molecule has 0 saturated heterocycles. The number of carbonyl (C=O) groups is 1. The molecule has 0 aromatic carbocycles. The molecule has 0 amide bonds. The topological polar surface area (TPSA) is 17.1 Å². The van der Waals surface area contributed by atoms with Gasteiger partial charge in [-0.05, 0) is 27.7 Å². The Labute approximate surface area is 76.2 Å². The van der Waals surface area contributed by atoms with Crippen LogP contribution in [0.15, 0.2) is 0 Å². The average molecular weight is 172 g/mol. The molecule has 0 rings (SSSR count). The van der Waals surface area contributed by atoms with Crippen molar-refractivity contribution >= 4 is 5.78 Å². The second kappa shape index (κ2) is 5.31. The molecule has 2 heteroatoms. The van der Waals surface area contributed by atoms with Crippen LogP contribution in [0.5, 0.6) is 0 Å². The molecule has 0 unspecified atom stereocenters. The van der Waals surface area contributed by atoms with E-state index in [4.69, 9.17) is 0 Å². The summed E-state index contributed by atoms with van der Waals surface area (Å²) in [7, 11) is 0. The van der Waals surface area contributed by atoms with E-state index in [2.05, 4.69) is 20.8 Å². The number of rotatable bonds is 6. The molecule has 0 aliphatic rings. The monoisotopic (exact) mass is 172 g/mol. The molecule has 0 heterocycles. The molecule has 0 bridgehead atoms. The van der Waals surface area contributed by atoms with E-state index in [1.54, 1.807) is 6.92 Å². The molecule has 0 N–H and O–H groups in total. The summed E-state index contributed by atoms with van der Waals surface area (Å²) in [6.07, 6.45) is 0.732. The first-order chi connectivity index (χ1) is 5.60. The first-order valence-corrected chi connectivity index (χ1v) is 4.94. The van der Waals surface area contributed by atoms with Crippen LogP contribution in [0.2, 0.25) is 0 Å². The second-order valence-corrected chi connectivity index (χ2v) is 3.47. The third-order valence-corrected chi connectivity index (χ3v) is 2.95. The number of carbonyl (C=O) groups excluding carboxylic acids is 1. The number of nitrogens with zero attached hydrogens (tertiary/aromatic N) is 1. The number of Topliss-reactive ketones (excluding diaryl/α,β-unsaturated/α-hetero) is 1. The number of hydrogen-bond acceptors (Lipinski definition) is 1. The van der Waals surface area contributed by atoms with Gasteiger partial charge >= 0.3 is 0 Å². The minimum atomic E-state index is 0.313. The molecule has 12 heavy (non-hydrogen) atoms. The zero-order chi connectivity index (χ0) is 9.61. The van der Waals surface area contributed by atoms with Crippen molar-refractivity contribution in [2.45, 2.75) is 34.1 Å². The fourth-order valence-corrected chi connectivity index (χ4v) is 1.54. The summed E-state index contributed by atoms with van der Waals surface area (Å²) in [6.45, 7) is 12.7. The minimum absolute atomic E-state index is 0.313. The summed E-state index contributed by atoms with van der Waals surface area (Å²) in [5.41, 5.74) is 0. The third kappa shape index (κ3) is 3.35. The van der Waals surface area contributed by atoms with Crippen molar-refractivity contribution in [3.8, 4) is 0 Å². The Morgan fingerprint density at radius 2 is 1.50 bits per heavy atom. The highest BCUT2D eigenvalue weighted by Crippen LogP contribution is 2.06. The van der Waals surface area contributed by atoms with Gasteiger partial charge in [0.15, 0.2) is 0 Å². The van der Waals surface area contributed by atoms with Gasteiger partial charge in [0.1, 0.15) is 5.78 Å². The van der Waals surface area contributed by atoms with Crippen LogP contribution >= 0.6 is 0 Å². The summed E-state index contributed by atoms with van der Waals surface area (Å²) in [5, 5.41) is 0.